The Morgan fingerprint density at radius 3 is 2.85 bits per heavy atom. The molecular weight excluding hydrogens is 252 g/mol. The molecule has 102 valence electrons. The molecule has 0 saturated heterocycles. The lowest BCUT2D eigenvalue weighted by Crippen LogP contribution is -2.14. The Morgan fingerprint density at radius 1 is 1.25 bits per heavy atom. The number of para-hydroxylation sites is 1. The highest BCUT2D eigenvalue weighted by atomic mass is 16.5. The third kappa shape index (κ3) is 2.09. The van der Waals surface area contributed by atoms with E-state index in [2.05, 4.69) is 5.32 Å². The van der Waals surface area contributed by atoms with Crippen LogP contribution in [0, 0.1) is 0 Å². The monoisotopic (exact) mass is 268 g/mol. The third-order valence-electron chi connectivity index (χ3n) is 3.64. The first-order valence-electron chi connectivity index (χ1n) is 6.51. The van der Waals surface area contributed by atoms with Gasteiger partial charge >= 0.3 is 0 Å². The maximum absolute atomic E-state index is 12.1. The van der Waals surface area contributed by atoms with Gasteiger partial charge in [0.25, 0.3) is 0 Å². The lowest BCUT2D eigenvalue weighted by Gasteiger charge is -2.10. The summed E-state index contributed by atoms with van der Waals surface area (Å²) in [7, 11) is 1.64. The summed E-state index contributed by atoms with van der Waals surface area (Å²) in [6, 6.07) is 13.4. The summed E-state index contributed by atoms with van der Waals surface area (Å²) in [5.74, 6) is 0.607. The molecule has 2 aromatic rings. The molecule has 4 nitrogen and oxygen atoms in total. The van der Waals surface area contributed by atoms with Crippen molar-refractivity contribution in [3.8, 4) is 5.75 Å². The van der Waals surface area contributed by atoms with Crippen molar-refractivity contribution in [2.24, 2.45) is 0 Å². The van der Waals surface area contributed by atoms with Gasteiger partial charge in [-0.05, 0) is 35.7 Å². The zero-order valence-corrected chi connectivity index (χ0v) is 11.2. The number of carbonyl (C=O) groups is 1. The molecule has 0 aliphatic carbocycles. The molecule has 1 aliphatic heterocycles. The molecule has 1 unspecified atom stereocenters. The van der Waals surface area contributed by atoms with Crippen molar-refractivity contribution >= 4 is 17.3 Å². The molecule has 1 aliphatic rings. The zero-order valence-electron chi connectivity index (χ0n) is 11.2. The fourth-order valence-electron chi connectivity index (χ4n) is 2.61. The minimum Gasteiger partial charge on any atom is -0.497 e. The van der Waals surface area contributed by atoms with Crippen LogP contribution < -0.4 is 15.8 Å². The van der Waals surface area contributed by atoms with Gasteiger partial charge in [-0.15, -0.1) is 0 Å². The average molecular weight is 268 g/mol. The molecule has 1 heterocycles. The van der Waals surface area contributed by atoms with E-state index in [9.17, 15) is 4.79 Å². The number of carbonyl (C=O) groups excluding carboxylic acids is 1. The number of nitrogen functional groups attached to an aromatic ring is 1. The minimum absolute atomic E-state index is 0.000667. The second kappa shape index (κ2) is 4.89. The van der Waals surface area contributed by atoms with Gasteiger partial charge in [0.2, 0.25) is 5.91 Å². The van der Waals surface area contributed by atoms with Crippen LogP contribution in [0.5, 0.6) is 5.75 Å². The number of benzene rings is 2. The van der Waals surface area contributed by atoms with Crippen molar-refractivity contribution in [2.75, 3.05) is 18.2 Å². The van der Waals surface area contributed by atoms with Crippen molar-refractivity contribution < 1.29 is 9.53 Å². The van der Waals surface area contributed by atoms with Crippen molar-refractivity contribution in [1.29, 1.82) is 0 Å². The molecular formula is C16H16N2O2. The van der Waals surface area contributed by atoms with Crippen LogP contribution in [0.3, 0.4) is 0 Å². The van der Waals surface area contributed by atoms with Gasteiger partial charge in [0.05, 0.1) is 24.4 Å². The van der Waals surface area contributed by atoms with Crippen LogP contribution in [0.4, 0.5) is 11.4 Å². The molecule has 1 amide bonds. The second-order valence-electron chi connectivity index (χ2n) is 4.91. The molecule has 3 N–H and O–H groups in total. The molecule has 0 bridgehead atoms. The highest BCUT2D eigenvalue weighted by Crippen LogP contribution is 2.38. The van der Waals surface area contributed by atoms with Gasteiger partial charge in [0.1, 0.15) is 5.75 Å². The minimum atomic E-state index is -0.194. The molecule has 1 atom stereocenters. The van der Waals surface area contributed by atoms with E-state index in [0.717, 1.165) is 22.6 Å². The molecule has 0 saturated carbocycles. The Balaban J connectivity index is 1.92. The maximum atomic E-state index is 12.1. The van der Waals surface area contributed by atoms with Crippen LogP contribution >= 0.6 is 0 Å². The van der Waals surface area contributed by atoms with E-state index in [1.165, 1.54) is 0 Å². The predicted molar refractivity (Wildman–Crippen MR) is 78.9 cm³/mol. The van der Waals surface area contributed by atoms with Crippen molar-refractivity contribution in [3.63, 3.8) is 0 Å². The summed E-state index contributed by atoms with van der Waals surface area (Å²) in [5, 5.41) is 2.87. The van der Waals surface area contributed by atoms with Gasteiger partial charge in [-0.2, -0.15) is 0 Å². The predicted octanol–water partition coefficient (Wildman–Crippen LogP) is 2.56. The number of hydrogen-bond donors (Lipinski definition) is 2. The lowest BCUT2D eigenvalue weighted by molar-refractivity contribution is -0.117. The van der Waals surface area contributed by atoms with Gasteiger partial charge in [0, 0.05) is 0 Å². The van der Waals surface area contributed by atoms with E-state index in [0.29, 0.717) is 12.1 Å². The lowest BCUT2D eigenvalue weighted by atomic mass is 9.93. The highest BCUT2D eigenvalue weighted by Gasteiger charge is 2.31. The first kappa shape index (κ1) is 12.5. The highest BCUT2D eigenvalue weighted by molar-refractivity contribution is 6.05. The molecule has 4 heteroatoms. The normalized spacial score (nSPS) is 16.6. The average Bonchev–Trinajstić information content (AvgIpc) is 2.78. The Bertz CT molecular complexity index is 667. The van der Waals surface area contributed by atoms with Gasteiger partial charge in [-0.25, -0.2) is 0 Å². The first-order valence-corrected chi connectivity index (χ1v) is 6.51. The third-order valence-corrected chi connectivity index (χ3v) is 3.64. The first-order chi connectivity index (χ1) is 9.69. The van der Waals surface area contributed by atoms with Crippen molar-refractivity contribution in [2.45, 2.75) is 12.3 Å². The van der Waals surface area contributed by atoms with Crippen LogP contribution in [-0.2, 0) is 11.2 Å². The fraction of sp³-hybridized carbons (Fsp3) is 0.188. The van der Waals surface area contributed by atoms with Crippen molar-refractivity contribution in [1.82, 2.24) is 0 Å². The van der Waals surface area contributed by atoms with Gasteiger partial charge in [-0.3, -0.25) is 4.79 Å². The van der Waals surface area contributed by atoms with Crippen LogP contribution in [0.1, 0.15) is 17.0 Å². The largest absolute Gasteiger partial charge is 0.497 e. The van der Waals surface area contributed by atoms with Crippen molar-refractivity contribution in [3.05, 3.63) is 53.6 Å². The van der Waals surface area contributed by atoms with E-state index in [1.807, 2.05) is 36.4 Å². The fourth-order valence-corrected chi connectivity index (χ4v) is 2.61. The Labute approximate surface area is 117 Å². The van der Waals surface area contributed by atoms with Crippen LogP contribution in [-0.4, -0.2) is 13.0 Å². The van der Waals surface area contributed by atoms with E-state index in [-0.39, 0.29) is 11.8 Å². The topological polar surface area (TPSA) is 64.3 Å². The number of amides is 1. The summed E-state index contributed by atoms with van der Waals surface area (Å²) in [5.41, 5.74) is 9.31. The number of rotatable bonds is 3. The van der Waals surface area contributed by atoms with Gasteiger partial charge in [-0.1, -0.05) is 24.3 Å². The summed E-state index contributed by atoms with van der Waals surface area (Å²) >= 11 is 0. The van der Waals surface area contributed by atoms with Crippen LogP contribution in [0.15, 0.2) is 42.5 Å². The summed E-state index contributed by atoms with van der Waals surface area (Å²) < 4.78 is 5.21. The summed E-state index contributed by atoms with van der Waals surface area (Å²) in [6.07, 6.45) is 0.638. The summed E-state index contributed by atoms with van der Waals surface area (Å²) in [6.45, 7) is 0. The van der Waals surface area contributed by atoms with Crippen LogP contribution in [0.2, 0.25) is 0 Å². The molecule has 2 aromatic carbocycles. The SMILES string of the molecule is COc1cccc(CC2C(=O)Nc3c(N)cccc32)c1. The Hall–Kier alpha value is -2.49. The molecule has 3 rings (SSSR count). The maximum Gasteiger partial charge on any atom is 0.232 e. The number of ether oxygens (including phenoxy) is 1. The number of hydrogen-bond acceptors (Lipinski definition) is 3. The standard InChI is InChI=1S/C16H16N2O2/c1-20-11-5-2-4-10(8-11)9-13-12-6-3-7-14(17)15(12)18-16(13)19/h2-8,13H,9,17H2,1H3,(H,18,19). The van der Waals surface area contributed by atoms with E-state index in [1.54, 1.807) is 13.2 Å². The molecule has 0 aromatic heterocycles. The smallest absolute Gasteiger partial charge is 0.232 e. The Kier molecular flexibility index (Phi) is 3.06. The van der Waals surface area contributed by atoms with E-state index < -0.39 is 0 Å². The molecule has 0 radical (unpaired) electrons. The number of nitrogens with two attached hydrogens (primary N) is 1. The number of methoxy groups -OCH3 is 1. The number of fused-ring (bicyclic) bond motifs is 1. The van der Waals surface area contributed by atoms with E-state index in [4.69, 9.17) is 10.5 Å². The second-order valence-corrected chi connectivity index (χ2v) is 4.91. The molecule has 0 spiro atoms. The quantitative estimate of drug-likeness (QED) is 0.841. The number of nitrogens with one attached hydrogen (secondary N) is 1. The molecule has 20 heavy (non-hydrogen) atoms. The Morgan fingerprint density at radius 2 is 2.05 bits per heavy atom. The van der Waals surface area contributed by atoms with Gasteiger partial charge in [0.15, 0.2) is 0 Å². The number of anilines is 2. The van der Waals surface area contributed by atoms with E-state index >= 15 is 0 Å². The zero-order chi connectivity index (χ0) is 14.1. The van der Waals surface area contributed by atoms with Crippen LogP contribution in [0.25, 0.3) is 0 Å². The molecule has 0 fully saturated rings. The summed E-state index contributed by atoms with van der Waals surface area (Å²) in [4.78, 5) is 12.1. The van der Waals surface area contributed by atoms with Gasteiger partial charge < -0.3 is 15.8 Å².